The van der Waals surface area contributed by atoms with E-state index in [1.54, 1.807) is 0 Å². The molecular weight excluding hydrogens is 238 g/mol. The average molecular weight is 269 g/mol. The SMILES string of the molecule is CCCN(CC(=O)O)C1CCC(C(C)(C)CC)CC1. The van der Waals surface area contributed by atoms with Crippen LogP contribution in [0.25, 0.3) is 0 Å². The Balaban J connectivity index is 2.53. The van der Waals surface area contributed by atoms with E-state index in [9.17, 15) is 4.79 Å². The lowest BCUT2D eigenvalue weighted by Crippen LogP contribution is -2.43. The topological polar surface area (TPSA) is 40.5 Å². The van der Waals surface area contributed by atoms with Crippen LogP contribution in [0.5, 0.6) is 0 Å². The third kappa shape index (κ3) is 4.79. The van der Waals surface area contributed by atoms with Gasteiger partial charge in [-0.2, -0.15) is 0 Å². The lowest BCUT2D eigenvalue weighted by Gasteiger charge is -2.42. The minimum atomic E-state index is -0.690. The zero-order valence-electron chi connectivity index (χ0n) is 13.1. The van der Waals surface area contributed by atoms with E-state index in [-0.39, 0.29) is 6.54 Å². The Morgan fingerprint density at radius 2 is 1.79 bits per heavy atom. The molecule has 0 bridgehead atoms. The van der Waals surface area contributed by atoms with Crippen LogP contribution in [0.3, 0.4) is 0 Å². The minimum absolute atomic E-state index is 0.209. The van der Waals surface area contributed by atoms with E-state index in [0.717, 1.165) is 18.9 Å². The second-order valence-electron chi connectivity index (χ2n) is 6.71. The van der Waals surface area contributed by atoms with Crippen LogP contribution in [0, 0.1) is 11.3 Å². The van der Waals surface area contributed by atoms with Crippen LogP contribution in [0.1, 0.15) is 66.2 Å². The maximum Gasteiger partial charge on any atom is 0.317 e. The first-order valence-corrected chi connectivity index (χ1v) is 7.86. The summed E-state index contributed by atoms with van der Waals surface area (Å²) in [5.74, 6) is 0.117. The van der Waals surface area contributed by atoms with Crippen molar-refractivity contribution in [3.63, 3.8) is 0 Å². The molecule has 1 rings (SSSR count). The van der Waals surface area contributed by atoms with E-state index in [4.69, 9.17) is 5.11 Å². The maximum atomic E-state index is 11.0. The molecule has 0 aromatic carbocycles. The Morgan fingerprint density at radius 1 is 1.21 bits per heavy atom. The van der Waals surface area contributed by atoms with Crippen molar-refractivity contribution >= 4 is 5.97 Å². The van der Waals surface area contributed by atoms with Gasteiger partial charge in [0.25, 0.3) is 0 Å². The molecule has 1 fully saturated rings. The van der Waals surface area contributed by atoms with Gasteiger partial charge in [-0.15, -0.1) is 0 Å². The number of carboxylic acids is 1. The standard InChI is InChI=1S/C16H31NO2/c1-5-11-17(12-15(18)19)14-9-7-13(8-10-14)16(3,4)6-2/h13-14H,5-12H2,1-4H3,(H,18,19). The molecule has 1 saturated carbocycles. The van der Waals surface area contributed by atoms with Gasteiger partial charge in [0.15, 0.2) is 0 Å². The van der Waals surface area contributed by atoms with Gasteiger partial charge in [0.1, 0.15) is 0 Å². The molecule has 0 amide bonds. The second kappa shape index (κ2) is 7.28. The predicted octanol–water partition coefficient (Wildman–Crippen LogP) is 3.78. The van der Waals surface area contributed by atoms with E-state index >= 15 is 0 Å². The fourth-order valence-electron chi connectivity index (χ4n) is 3.36. The summed E-state index contributed by atoms with van der Waals surface area (Å²) in [6.45, 7) is 10.3. The van der Waals surface area contributed by atoms with Crippen LogP contribution < -0.4 is 0 Å². The second-order valence-corrected chi connectivity index (χ2v) is 6.71. The highest BCUT2D eigenvalue weighted by Gasteiger charge is 2.33. The lowest BCUT2D eigenvalue weighted by atomic mass is 9.68. The van der Waals surface area contributed by atoms with Crippen molar-refractivity contribution in [2.24, 2.45) is 11.3 Å². The van der Waals surface area contributed by atoms with E-state index < -0.39 is 5.97 Å². The normalized spacial score (nSPS) is 24.7. The molecule has 0 unspecified atom stereocenters. The number of aliphatic carboxylic acids is 1. The number of hydrogen-bond donors (Lipinski definition) is 1. The van der Waals surface area contributed by atoms with Crippen molar-refractivity contribution in [1.29, 1.82) is 0 Å². The highest BCUT2D eigenvalue weighted by Crippen LogP contribution is 2.41. The van der Waals surface area contributed by atoms with Gasteiger partial charge in [-0.3, -0.25) is 9.69 Å². The lowest BCUT2D eigenvalue weighted by molar-refractivity contribution is -0.139. The molecule has 1 aliphatic rings. The van der Waals surface area contributed by atoms with E-state index in [0.29, 0.717) is 11.5 Å². The Bertz CT molecular complexity index is 280. The number of nitrogens with zero attached hydrogens (tertiary/aromatic N) is 1. The van der Waals surface area contributed by atoms with Crippen LogP contribution in [-0.4, -0.2) is 35.1 Å². The number of carbonyl (C=O) groups is 1. The molecule has 1 aliphatic carbocycles. The quantitative estimate of drug-likeness (QED) is 0.764. The highest BCUT2D eigenvalue weighted by atomic mass is 16.4. The summed E-state index contributed by atoms with van der Waals surface area (Å²) in [7, 11) is 0. The van der Waals surface area contributed by atoms with Gasteiger partial charge in [0.2, 0.25) is 0 Å². The summed E-state index contributed by atoms with van der Waals surface area (Å²) in [5, 5.41) is 9.02. The van der Waals surface area contributed by atoms with Crippen molar-refractivity contribution in [3.8, 4) is 0 Å². The molecule has 0 aromatic rings. The zero-order chi connectivity index (χ0) is 14.5. The Hall–Kier alpha value is -0.570. The van der Waals surface area contributed by atoms with Gasteiger partial charge in [-0.1, -0.05) is 34.1 Å². The molecule has 0 atom stereocenters. The van der Waals surface area contributed by atoms with Crippen LogP contribution in [0.15, 0.2) is 0 Å². The van der Waals surface area contributed by atoms with Crippen molar-refractivity contribution in [3.05, 3.63) is 0 Å². The molecule has 1 N–H and O–H groups in total. The van der Waals surface area contributed by atoms with Crippen LogP contribution in [0.2, 0.25) is 0 Å². The molecule has 0 radical (unpaired) electrons. The Morgan fingerprint density at radius 3 is 2.21 bits per heavy atom. The average Bonchev–Trinajstić information content (AvgIpc) is 2.38. The summed E-state index contributed by atoms with van der Waals surface area (Å²) in [6, 6.07) is 0.486. The largest absolute Gasteiger partial charge is 0.480 e. The van der Waals surface area contributed by atoms with Gasteiger partial charge in [-0.05, 0) is 50.0 Å². The molecule has 0 spiro atoms. The third-order valence-electron chi connectivity index (χ3n) is 5.08. The predicted molar refractivity (Wildman–Crippen MR) is 79.3 cm³/mol. The first-order chi connectivity index (χ1) is 8.90. The molecule has 0 aromatic heterocycles. The van der Waals surface area contributed by atoms with Crippen molar-refractivity contribution in [2.75, 3.05) is 13.1 Å². The van der Waals surface area contributed by atoms with Crippen molar-refractivity contribution < 1.29 is 9.90 Å². The van der Waals surface area contributed by atoms with Gasteiger partial charge in [0, 0.05) is 6.04 Å². The molecule has 112 valence electrons. The van der Waals surface area contributed by atoms with Gasteiger partial charge in [0.05, 0.1) is 6.54 Å². The number of hydrogen-bond acceptors (Lipinski definition) is 2. The van der Waals surface area contributed by atoms with Crippen LogP contribution >= 0.6 is 0 Å². The maximum absolute atomic E-state index is 11.0. The molecular formula is C16H31NO2. The van der Waals surface area contributed by atoms with Crippen molar-refractivity contribution in [2.45, 2.75) is 72.3 Å². The minimum Gasteiger partial charge on any atom is -0.480 e. The third-order valence-corrected chi connectivity index (χ3v) is 5.08. The van der Waals surface area contributed by atoms with Crippen LogP contribution in [-0.2, 0) is 4.79 Å². The van der Waals surface area contributed by atoms with Gasteiger partial charge < -0.3 is 5.11 Å². The van der Waals surface area contributed by atoms with E-state index in [1.165, 1.54) is 32.1 Å². The number of carboxylic acid groups (broad SMARTS) is 1. The Labute approximate surface area is 118 Å². The van der Waals surface area contributed by atoms with Gasteiger partial charge in [-0.25, -0.2) is 0 Å². The fraction of sp³-hybridized carbons (Fsp3) is 0.938. The number of rotatable bonds is 7. The first kappa shape index (κ1) is 16.5. The smallest absolute Gasteiger partial charge is 0.317 e. The van der Waals surface area contributed by atoms with E-state index in [1.807, 2.05) is 0 Å². The summed E-state index contributed by atoms with van der Waals surface area (Å²) >= 11 is 0. The summed E-state index contributed by atoms with van der Waals surface area (Å²) < 4.78 is 0. The molecule has 0 aliphatic heterocycles. The molecule has 0 saturated heterocycles. The molecule has 19 heavy (non-hydrogen) atoms. The fourth-order valence-corrected chi connectivity index (χ4v) is 3.36. The molecule has 0 heterocycles. The summed E-state index contributed by atoms with van der Waals surface area (Å²) in [5.41, 5.74) is 0.438. The summed E-state index contributed by atoms with van der Waals surface area (Å²) in [6.07, 6.45) is 7.11. The van der Waals surface area contributed by atoms with Crippen molar-refractivity contribution in [1.82, 2.24) is 4.90 Å². The van der Waals surface area contributed by atoms with Crippen LogP contribution in [0.4, 0.5) is 0 Å². The first-order valence-electron chi connectivity index (χ1n) is 7.86. The zero-order valence-corrected chi connectivity index (χ0v) is 13.1. The molecule has 3 nitrogen and oxygen atoms in total. The van der Waals surface area contributed by atoms with E-state index in [2.05, 4.69) is 32.6 Å². The molecule has 3 heteroatoms. The highest BCUT2D eigenvalue weighted by molar-refractivity contribution is 5.69. The monoisotopic (exact) mass is 269 g/mol. The summed E-state index contributed by atoms with van der Waals surface area (Å²) in [4.78, 5) is 13.1. The van der Waals surface area contributed by atoms with Gasteiger partial charge >= 0.3 is 5.97 Å². The Kier molecular flexibility index (Phi) is 6.31.